The molecule has 0 saturated carbocycles. The second-order valence-corrected chi connectivity index (χ2v) is 6.33. The van der Waals surface area contributed by atoms with Crippen molar-refractivity contribution in [3.63, 3.8) is 0 Å². The second kappa shape index (κ2) is 4.50. The highest BCUT2D eigenvalue weighted by atomic mass is 32.1. The summed E-state index contributed by atoms with van der Waals surface area (Å²) in [5, 5.41) is 0.871. The number of imidazole rings is 1. The van der Waals surface area contributed by atoms with E-state index in [1.165, 1.54) is 0 Å². The molecule has 0 atom stereocenters. The fourth-order valence-electron chi connectivity index (χ4n) is 2.75. The van der Waals surface area contributed by atoms with E-state index in [4.69, 9.17) is 5.73 Å². The van der Waals surface area contributed by atoms with Crippen LogP contribution < -0.4 is 5.73 Å². The molecule has 0 bridgehead atoms. The van der Waals surface area contributed by atoms with Gasteiger partial charge in [0.05, 0.1) is 26.8 Å². The van der Waals surface area contributed by atoms with E-state index in [1.54, 1.807) is 11.3 Å². The van der Waals surface area contributed by atoms with Gasteiger partial charge in [0.2, 0.25) is 5.78 Å². The number of thiazole rings is 1. The number of nitrogens with two attached hydrogens (primary N) is 1. The minimum absolute atomic E-state index is 0.451. The van der Waals surface area contributed by atoms with E-state index in [9.17, 15) is 0 Å². The van der Waals surface area contributed by atoms with Crippen molar-refractivity contribution in [2.75, 3.05) is 5.73 Å². The highest BCUT2D eigenvalue weighted by Gasteiger charge is 2.14. The Kier molecular flexibility index (Phi) is 2.46. The molecule has 5 nitrogen and oxygen atoms in total. The van der Waals surface area contributed by atoms with Gasteiger partial charge in [-0.15, -0.1) is 11.3 Å². The van der Waals surface area contributed by atoms with Gasteiger partial charge in [-0.05, 0) is 24.3 Å². The van der Waals surface area contributed by atoms with Gasteiger partial charge in [0, 0.05) is 6.20 Å². The molecular formula is C17H11N5S. The lowest BCUT2D eigenvalue weighted by Gasteiger charge is -2.03. The molecule has 23 heavy (non-hydrogen) atoms. The van der Waals surface area contributed by atoms with Crippen LogP contribution in [0.3, 0.4) is 0 Å². The Bertz CT molecular complexity index is 1150. The predicted molar refractivity (Wildman–Crippen MR) is 93.5 cm³/mol. The van der Waals surface area contributed by atoms with Crippen molar-refractivity contribution < 1.29 is 0 Å². The summed E-state index contributed by atoms with van der Waals surface area (Å²) in [6.07, 6.45) is 1.98. The maximum atomic E-state index is 6.16. The summed E-state index contributed by atoms with van der Waals surface area (Å²) >= 11 is 1.62. The lowest BCUT2D eigenvalue weighted by atomic mass is 10.3. The number of aromatic nitrogens is 4. The molecule has 0 radical (unpaired) electrons. The normalized spacial score (nSPS) is 11.7. The minimum Gasteiger partial charge on any atom is -0.383 e. The zero-order chi connectivity index (χ0) is 15.4. The molecule has 0 saturated heterocycles. The molecule has 0 fully saturated rings. The van der Waals surface area contributed by atoms with Crippen LogP contribution in [0, 0.1) is 0 Å². The molecule has 5 rings (SSSR count). The summed E-state index contributed by atoms with van der Waals surface area (Å²) < 4.78 is 3.10. The highest BCUT2D eigenvalue weighted by molar-refractivity contribution is 7.21. The first-order valence-corrected chi connectivity index (χ1v) is 8.00. The van der Waals surface area contributed by atoms with Crippen molar-refractivity contribution in [3.8, 4) is 10.6 Å². The summed E-state index contributed by atoms with van der Waals surface area (Å²) in [6, 6.07) is 16.0. The minimum atomic E-state index is 0.451. The van der Waals surface area contributed by atoms with Gasteiger partial charge < -0.3 is 5.73 Å². The first kappa shape index (κ1) is 12.5. The Hall–Kier alpha value is -2.99. The number of para-hydroxylation sites is 3. The SMILES string of the molecule is Nc1nc2nc3ccccc3n2cc1-c1nc2ccccc2s1. The van der Waals surface area contributed by atoms with Gasteiger partial charge in [0.1, 0.15) is 10.8 Å². The average Bonchev–Trinajstić information content (AvgIpc) is 3.14. The number of hydrogen-bond acceptors (Lipinski definition) is 5. The average molecular weight is 317 g/mol. The maximum absolute atomic E-state index is 6.16. The molecular weight excluding hydrogens is 306 g/mol. The van der Waals surface area contributed by atoms with Gasteiger partial charge in [-0.25, -0.2) is 9.97 Å². The fraction of sp³-hybridized carbons (Fsp3) is 0. The zero-order valence-corrected chi connectivity index (χ0v) is 12.8. The van der Waals surface area contributed by atoms with Crippen LogP contribution >= 0.6 is 11.3 Å². The van der Waals surface area contributed by atoms with E-state index < -0.39 is 0 Å². The third kappa shape index (κ3) is 1.82. The van der Waals surface area contributed by atoms with Gasteiger partial charge >= 0.3 is 0 Å². The second-order valence-electron chi connectivity index (χ2n) is 5.30. The van der Waals surface area contributed by atoms with E-state index in [0.717, 1.165) is 31.8 Å². The Morgan fingerprint density at radius 2 is 1.65 bits per heavy atom. The quantitative estimate of drug-likeness (QED) is 0.511. The van der Waals surface area contributed by atoms with Crippen LogP contribution in [0.4, 0.5) is 5.82 Å². The van der Waals surface area contributed by atoms with Crippen LogP contribution in [0.1, 0.15) is 0 Å². The first-order chi connectivity index (χ1) is 11.3. The standard InChI is InChI=1S/C17H11N5S/c18-15-10(16-19-12-6-2-4-8-14(12)23-16)9-22-13-7-3-1-5-11(13)20-17(22)21-15/h1-9H,(H2,18,20,21). The molecule has 0 unspecified atom stereocenters. The number of benzene rings is 2. The molecule has 0 aliphatic carbocycles. The maximum Gasteiger partial charge on any atom is 0.236 e. The molecule has 6 heteroatoms. The third-order valence-corrected chi connectivity index (χ3v) is 4.93. The van der Waals surface area contributed by atoms with Gasteiger partial charge in [-0.2, -0.15) is 4.98 Å². The Labute approximate surface area is 135 Å². The largest absolute Gasteiger partial charge is 0.383 e. The molecule has 2 N–H and O–H groups in total. The summed E-state index contributed by atoms with van der Waals surface area (Å²) in [5.74, 6) is 1.06. The molecule has 2 aromatic carbocycles. The van der Waals surface area contributed by atoms with E-state index in [2.05, 4.69) is 21.0 Å². The monoisotopic (exact) mass is 317 g/mol. The molecule has 0 aliphatic heterocycles. The van der Waals surface area contributed by atoms with Crippen molar-refractivity contribution in [1.29, 1.82) is 0 Å². The van der Waals surface area contributed by atoms with Gasteiger partial charge in [0.15, 0.2) is 0 Å². The lowest BCUT2D eigenvalue weighted by molar-refractivity contribution is 1.14. The van der Waals surface area contributed by atoms with Gasteiger partial charge in [-0.1, -0.05) is 24.3 Å². The molecule has 110 valence electrons. The summed E-state index contributed by atoms with van der Waals surface area (Å²) in [5.41, 5.74) is 9.89. The zero-order valence-electron chi connectivity index (χ0n) is 12.0. The van der Waals surface area contributed by atoms with Crippen LogP contribution in [-0.4, -0.2) is 19.4 Å². The topological polar surface area (TPSA) is 69.1 Å². The van der Waals surface area contributed by atoms with Gasteiger partial charge in [-0.3, -0.25) is 4.40 Å². The molecule has 0 aliphatic rings. The van der Waals surface area contributed by atoms with Crippen LogP contribution in [0.25, 0.3) is 37.6 Å². The van der Waals surface area contributed by atoms with Crippen molar-refractivity contribution >= 4 is 44.2 Å². The predicted octanol–water partition coefficient (Wildman–Crippen LogP) is 3.74. The van der Waals surface area contributed by atoms with Crippen molar-refractivity contribution in [2.24, 2.45) is 0 Å². The molecule has 3 aromatic heterocycles. The third-order valence-electron chi connectivity index (χ3n) is 3.86. The smallest absolute Gasteiger partial charge is 0.236 e. The number of nitrogens with zero attached hydrogens (tertiary/aromatic N) is 4. The number of anilines is 1. The Morgan fingerprint density at radius 3 is 2.52 bits per heavy atom. The van der Waals surface area contributed by atoms with Crippen molar-refractivity contribution in [1.82, 2.24) is 19.4 Å². The summed E-state index contributed by atoms with van der Waals surface area (Å²) in [4.78, 5) is 13.6. The first-order valence-electron chi connectivity index (χ1n) is 7.19. The van der Waals surface area contributed by atoms with Crippen LogP contribution in [0.5, 0.6) is 0 Å². The van der Waals surface area contributed by atoms with E-state index in [-0.39, 0.29) is 0 Å². The summed E-state index contributed by atoms with van der Waals surface area (Å²) in [6.45, 7) is 0. The molecule has 0 spiro atoms. The fourth-order valence-corrected chi connectivity index (χ4v) is 3.74. The Balaban J connectivity index is 1.83. The van der Waals surface area contributed by atoms with Crippen LogP contribution in [-0.2, 0) is 0 Å². The lowest BCUT2D eigenvalue weighted by Crippen LogP contribution is -1.98. The van der Waals surface area contributed by atoms with Crippen molar-refractivity contribution in [3.05, 3.63) is 54.7 Å². The van der Waals surface area contributed by atoms with Crippen LogP contribution in [0.2, 0.25) is 0 Å². The van der Waals surface area contributed by atoms with Gasteiger partial charge in [0.25, 0.3) is 0 Å². The number of rotatable bonds is 1. The Morgan fingerprint density at radius 1 is 0.870 bits per heavy atom. The van der Waals surface area contributed by atoms with E-state index in [1.807, 2.05) is 53.1 Å². The molecule has 0 amide bonds. The number of hydrogen-bond donors (Lipinski definition) is 1. The van der Waals surface area contributed by atoms with E-state index in [0.29, 0.717) is 11.6 Å². The highest BCUT2D eigenvalue weighted by Crippen LogP contribution is 2.33. The molecule has 3 heterocycles. The number of fused-ring (bicyclic) bond motifs is 4. The number of nitrogen functional groups attached to an aromatic ring is 1. The van der Waals surface area contributed by atoms with E-state index >= 15 is 0 Å². The molecule has 5 aromatic rings. The van der Waals surface area contributed by atoms with Crippen LogP contribution in [0.15, 0.2) is 54.7 Å². The van der Waals surface area contributed by atoms with Crippen molar-refractivity contribution in [2.45, 2.75) is 0 Å². The summed E-state index contributed by atoms with van der Waals surface area (Å²) in [7, 11) is 0.